The quantitative estimate of drug-likeness (QED) is 0.650. The highest BCUT2D eigenvalue weighted by Gasteiger charge is 2.12. The smallest absolute Gasteiger partial charge is 0.182 e. The van der Waals surface area contributed by atoms with E-state index in [1.807, 2.05) is 0 Å². The van der Waals surface area contributed by atoms with Gasteiger partial charge in [-0.3, -0.25) is 4.57 Å². The lowest BCUT2D eigenvalue weighted by Crippen LogP contribution is -1.98. The molecule has 0 spiro atoms. The van der Waals surface area contributed by atoms with Gasteiger partial charge in [-0.1, -0.05) is 11.6 Å². The number of benzene rings is 2. The van der Waals surface area contributed by atoms with Crippen LogP contribution in [-0.2, 0) is 0 Å². The number of H-pyrrole nitrogens is 1. The Hall–Kier alpha value is -1.72. The first-order valence-electron chi connectivity index (χ1n) is 5.42. The fraction of sp³-hybridized carbons (Fsp3) is 0. The number of hydrogen-bond donors (Lipinski definition) is 1. The zero-order valence-corrected chi connectivity index (χ0v) is 11.0. The molecular formula is C13H7ClF2N2S. The lowest BCUT2D eigenvalue weighted by Gasteiger charge is -2.06. The third kappa shape index (κ3) is 2.05. The standard InChI is InChI=1S/C13H7ClF2N2S/c14-7-1-3-9(16)11(5-7)18-12-6-8(15)2-4-10(12)17-13(18)19/h1-6H,(H,17,19). The molecule has 3 rings (SSSR count). The number of nitrogens with one attached hydrogen (secondary N) is 1. The van der Waals surface area contributed by atoms with Crippen LogP contribution in [0.15, 0.2) is 36.4 Å². The molecule has 0 saturated carbocycles. The molecule has 6 heteroatoms. The lowest BCUT2D eigenvalue weighted by molar-refractivity contribution is 0.617. The largest absolute Gasteiger partial charge is 0.330 e. The predicted octanol–water partition coefficient (Wildman–Crippen LogP) is 4.62. The number of nitrogens with zero attached hydrogens (tertiary/aromatic N) is 1. The molecule has 0 bridgehead atoms. The zero-order chi connectivity index (χ0) is 13.6. The van der Waals surface area contributed by atoms with Crippen molar-refractivity contribution in [3.8, 4) is 5.69 Å². The molecule has 2 nitrogen and oxygen atoms in total. The van der Waals surface area contributed by atoms with Crippen LogP contribution in [-0.4, -0.2) is 9.55 Å². The molecule has 0 amide bonds. The van der Waals surface area contributed by atoms with Crippen LogP contribution < -0.4 is 0 Å². The maximum atomic E-state index is 13.9. The van der Waals surface area contributed by atoms with Crippen LogP contribution in [0, 0.1) is 16.4 Å². The fourth-order valence-corrected chi connectivity index (χ4v) is 2.45. The molecule has 3 aromatic rings. The zero-order valence-electron chi connectivity index (χ0n) is 9.45. The van der Waals surface area contributed by atoms with Gasteiger partial charge >= 0.3 is 0 Å². The molecule has 19 heavy (non-hydrogen) atoms. The minimum Gasteiger partial charge on any atom is -0.330 e. The molecule has 0 radical (unpaired) electrons. The molecule has 0 atom stereocenters. The van der Waals surface area contributed by atoms with E-state index >= 15 is 0 Å². The van der Waals surface area contributed by atoms with Crippen molar-refractivity contribution in [2.24, 2.45) is 0 Å². The monoisotopic (exact) mass is 296 g/mol. The van der Waals surface area contributed by atoms with Gasteiger partial charge in [0.15, 0.2) is 4.77 Å². The van der Waals surface area contributed by atoms with E-state index in [-0.39, 0.29) is 10.5 Å². The molecule has 1 N–H and O–H groups in total. The predicted molar refractivity (Wildman–Crippen MR) is 73.4 cm³/mol. The molecule has 0 aliphatic carbocycles. The Morgan fingerprint density at radius 3 is 2.68 bits per heavy atom. The van der Waals surface area contributed by atoms with E-state index in [1.54, 1.807) is 6.07 Å². The molecule has 0 unspecified atom stereocenters. The van der Waals surface area contributed by atoms with Gasteiger partial charge in [0.25, 0.3) is 0 Å². The maximum absolute atomic E-state index is 13.9. The van der Waals surface area contributed by atoms with Crippen LogP contribution in [0.5, 0.6) is 0 Å². The van der Waals surface area contributed by atoms with Crippen LogP contribution in [0.1, 0.15) is 0 Å². The van der Waals surface area contributed by atoms with Gasteiger partial charge in [-0.15, -0.1) is 0 Å². The van der Waals surface area contributed by atoms with E-state index in [9.17, 15) is 8.78 Å². The summed E-state index contributed by atoms with van der Waals surface area (Å²) in [5, 5.41) is 0.379. The number of rotatable bonds is 1. The summed E-state index contributed by atoms with van der Waals surface area (Å²) >= 11 is 11.0. The minimum atomic E-state index is -0.481. The van der Waals surface area contributed by atoms with E-state index in [1.165, 1.54) is 34.9 Å². The topological polar surface area (TPSA) is 20.7 Å². The Labute approximate surface area is 117 Å². The van der Waals surface area contributed by atoms with Gasteiger partial charge in [-0.25, -0.2) is 8.78 Å². The fourth-order valence-electron chi connectivity index (χ4n) is 1.97. The van der Waals surface area contributed by atoms with Gasteiger partial charge in [0.2, 0.25) is 0 Å². The summed E-state index contributed by atoms with van der Waals surface area (Å²) in [5.41, 5.74) is 1.28. The normalized spacial score (nSPS) is 11.1. The van der Waals surface area contributed by atoms with Gasteiger partial charge in [0.05, 0.1) is 16.7 Å². The second-order valence-electron chi connectivity index (χ2n) is 4.02. The average Bonchev–Trinajstić information content (AvgIpc) is 2.68. The Morgan fingerprint density at radius 1 is 1.11 bits per heavy atom. The summed E-state index contributed by atoms with van der Waals surface area (Å²) < 4.78 is 29.0. The van der Waals surface area contributed by atoms with Crippen LogP contribution >= 0.6 is 23.8 Å². The Kier molecular flexibility index (Phi) is 2.88. The van der Waals surface area contributed by atoms with Crippen molar-refractivity contribution in [1.29, 1.82) is 0 Å². The van der Waals surface area contributed by atoms with E-state index in [0.29, 0.717) is 16.1 Å². The SMILES string of the molecule is Fc1ccc2[nH]c(=S)n(-c3cc(Cl)ccc3F)c2c1. The van der Waals surface area contributed by atoms with Gasteiger partial charge in [-0.05, 0) is 42.5 Å². The molecule has 0 fully saturated rings. The average molecular weight is 297 g/mol. The molecule has 0 aliphatic heterocycles. The highest BCUT2D eigenvalue weighted by Crippen LogP contribution is 2.24. The van der Waals surface area contributed by atoms with Gasteiger partial charge in [0.1, 0.15) is 11.6 Å². The Morgan fingerprint density at radius 2 is 1.89 bits per heavy atom. The summed E-state index contributed by atoms with van der Waals surface area (Å²) in [6.07, 6.45) is 0. The first-order valence-corrected chi connectivity index (χ1v) is 6.20. The third-order valence-electron chi connectivity index (χ3n) is 2.79. The second kappa shape index (κ2) is 4.43. The summed E-state index contributed by atoms with van der Waals surface area (Å²) in [6.45, 7) is 0. The number of hydrogen-bond acceptors (Lipinski definition) is 1. The van der Waals surface area contributed by atoms with Gasteiger partial charge < -0.3 is 4.98 Å². The third-order valence-corrected chi connectivity index (χ3v) is 3.31. The van der Waals surface area contributed by atoms with Crippen molar-refractivity contribution in [1.82, 2.24) is 9.55 Å². The van der Waals surface area contributed by atoms with Crippen molar-refractivity contribution < 1.29 is 8.78 Å². The lowest BCUT2D eigenvalue weighted by atomic mass is 10.2. The molecule has 96 valence electrons. The Balaban J connectivity index is 2.42. The number of halogens is 3. The summed E-state index contributed by atoms with van der Waals surface area (Å²) in [6, 6.07) is 8.30. The number of imidazole rings is 1. The first-order chi connectivity index (χ1) is 9.06. The van der Waals surface area contributed by atoms with Gasteiger partial charge in [-0.2, -0.15) is 0 Å². The van der Waals surface area contributed by atoms with E-state index in [2.05, 4.69) is 4.98 Å². The van der Waals surface area contributed by atoms with E-state index < -0.39 is 11.6 Å². The second-order valence-corrected chi connectivity index (χ2v) is 4.85. The number of fused-ring (bicyclic) bond motifs is 1. The van der Waals surface area contributed by atoms with Gasteiger partial charge in [0, 0.05) is 11.1 Å². The molecule has 0 saturated heterocycles. The minimum absolute atomic E-state index is 0.189. The first kappa shape index (κ1) is 12.3. The summed E-state index contributed by atoms with van der Waals surface area (Å²) in [4.78, 5) is 2.90. The van der Waals surface area contributed by atoms with Crippen molar-refractivity contribution in [2.75, 3.05) is 0 Å². The van der Waals surface area contributed by atoms with Crippen molar-refractivity contribution in [3.63, 3.8) is 0 Å². The Bertz CT molecular complexity index is 838. The van der Waals surface area contributed by atoms with Crippen LogP contribution in [0.4, 0.5) is 8.78 Å². The highest BCUT2D eigenvalue weighted by atomic mass is 35.5. The molecule has 2 aromatic carbocycles. The van der Waals surface area contributed by atoms with Crippen LogP contribution in [0.25, 0.3) is 16.7 Å². The molecule has 0 aliphatic rings. The summed E-state index contributed by atoms with van der Waals surface area (Å²) in [7, 11) is 0. The highest BCUT2D eigenvalue weighted by molar-refractivity contribution is 7.71. The van der Waals surface area contributed by atoms with Crippen LogP contribution in [0.3, 0.4) is 0 Å². The van der Waals surface area contributed by atoms with E-state index in [0.717, 1.165) is 0 Å². The number of aromatic amines is 1. The van der Waals surface area contributed by atoms with E-state index in [4.69, 9.17) is 23.8 Å². The molecule has 1 aromatic heterocycles. The van der Waals surface area contributed by atoms with Crippen molar-refractivity contribution in [2.45, 2.75) is 0 Å². The van der Waals surface area contributed by atoms with Crippen LogP contribution in [0.2, 0.25) is 5.02 Å². The summed E-state index contributed by atoms with van der Waals surface area (Å²) in [5.74, 6) is -0.900. The molecular weight excluding hydrogens is 290 g/mol. The van der Waals surface area contributed by atoms with Crippen molar-refractivity contribution >= 4 is 34.9 Å². The van der Waals surface area contributed by atoms with Crippen molar-refractivity contribution in [3.05, 3.63) is 57.8 Å². The molecule has 1 heterocycles. The maximum Gasteiger partial charge on any atom is 0.182 e. The number of aromatic nitrogens is 2.